The summed E-state index contributed by atoms with van der Waals surface area (Å²) in [4.78, 5) is 0. The topological polar surface area (TPSA) is 30.5 Å². The maximum absolute atomic E-state index is 5.18. The standard InChI is InChI=1S/C19H21NO2/c1-21-19(22-2)13-20-12-14-7-8-16-10-9-15-5-3-4-6-17(15)18(16)11-14/h3-11,19-20H,12-13H2,1-2H3. The molecule has 3 aromatic rings. The Morgan fingerprint density at radius 2 is 1.55 bits per heavy atom. The van der Waals surface area contributed by atoms with Crippen LogP contribution in [0.4, 0.5) is 0 Å². The first-order chi connectivity index (χ1) is 10.8. The first-order valence-electron chi connectivity index (χ1n) is 7.48. The van der Waals surface area contributed by atoms with Gasteiger partial charge in [-0.25, -0.2) is 0 Å². The highest BCUT2D eigenvalue weighted by molar-refractivity contribution is 6.07. The van der Waals surface area contributed by atoms with Gasteiger partial charge in [0.15, 0.2) is 6.29 Å². The smallest absolute Gasteiger partial charge is 0.169 e. The third kappa shape index (κ3) is 3.12. The van der Waals surface area contributed by atoms with Crippen molar-refractivity contribution >= 4 is 21.5 Å². The molecule has 0 unspecified atom stereocenters. The molecule has 0 aliphatic carbocycles. The van der Waals surface area contributed by atoms with Crippen LogP contribution in [0.15, 0.2) is 54.6 Å². The fourth-order valence-corrected chi connectivity index (χ4v) is 2.76. The Hall–Kier alpha value is -1.94. The lowest BCUT2D eigenvalue weighted by Crippen LogP contribution is -2.29. The molecule has 3 heteroatoms. The van der Waals surface area contributed by atoms with E-state index in [1.54, 1.807) is 14.2 Å². The SMILES string of the molecule is COC(CNCc1ccc2ccc3ccccc3c2c1)OC. The van der Waals surface area contributed by atoms with Gasteiger partial charge in [0, 0.05) is 27.3 Å². The molecular weight excluding hydrogens is 274 g/mol. The largest absolute Gasteiger partial charge is 0.355 e. The maximum atomic E-state index is 5.18. The molecule has 0 saturated heterocycles. The molecule has 0 radical (unpaired) electrons. The summed E-state index contributed by atoms with van der Waals surface area (Å²) in [5, 5.41) is 8.51. The van der Waals surface area contributed by atoms with Crippen LogP contribution in [0.1, 0.15) is 5.56 Å². The Morgan fingerprint density at radius 1 is 0.864 bits per heavy atom. The van der Waals surface area contributed by atoms with Gasteiger partial charge in [0.25, 0.3) is 0 Å². The number of ether oxygens (including phenoxy) is 2. The van der Waals surface area contributed by atoms with Crippen molar-refractivity contribution in [3.05, 3.63) is 60.2 Å². The van der Waals surface area contributed by atoms with Crippen molar-refractivity contribution in [3.63, 3.8) is 0 Å². The molecular formula is C19H21NO2. The molecule has 0 fully saturated rings. The highest BCUT2D eigenvalue weighted by Crippen LogP contribution is 2.26. The van der Waals surface area contributed by atoms with E-state index in [1.165, 1.54) is 27.1 Å². The highest BCUT2D eigenvalue weighted by atomic mass is 16.7. The molecule has 0 aliphatic rings. The molecule has 0 aliphatic heterocycles. The Labute approximate surface area is 130 Å². The molecule has 0 heterocycles. The summed E-state index contributed by atoms with van der Waals surface area (Å²) in [7, 11) is 3.30. The van der Waals surface area contributed by atoms with Crippen LogP contribution in [0.2, 0.25) is 0 Å². The summed E-state index contributed by atoms with van der Waals surface area (Å²) in [6.07, 6.45) is -0.207. The molecule has 0 saturated carbocycles. The fraction of sp³-hybridized carbons (Fsp3) is 0.263. The van der Waals surface area contributed by atoms with E-state index in [2.05, 4.69) is 59.9 Å². The van der Waals surface area contributed by atoms with E-state index in [4.69, 9.17) is 9.47 Å². The molecule has 0 spiro atoms. The van der Waals surface area contributed by atoms with Crippen LogP contribution < -0.4 is 5.32 Å². The summed E-state index contributed by atoms with van der Waals surface area (Å²) in [5.74, 6) is 0. The summed E-state index contributed by atoms with van der Waals surface area (Å²) in [6.45, 7) is 1.46. The lowest BCUT2D eigenvalue weighted by molar-refractivity contribution is -0.0989. The zero-order valence-electron chi connectivity index (χ0n) is 13.0. The van der Waals surface area contributed by atoms with E-state index in [-0.39, 0.29) is 6.29 Å². The van der Waals surface area contributed by atoms with Gasteiger partial charge >= 0.3 is 0 Å². The van der Waals surface area contributed by atoms with Crippen LogP contribution in [0.3, 0.4) is 0 Å². The van der Waals surface area contributed by atoms with Gasteiger partial charge in [0.2, 0.25) is 0 Å². The minimum absolute atomic E-state index is 0.207. The number of hydrogen-bond donors (Lipinski definition) is 1. The Balaban J connectivity index is 1.84. The van der Waals surface area contributed by atoms with Gasteiger partial charge in [-0.1, -0.05) is 48.5 Å². The van der Waals surface area contributed by atoms with Gasteiger partial charge < -0.3 is 14.8 Å². The van der Waals surface area contributed by atoms with E-state index < -0.39 is 0 Å². The molecule has 3 aromatic carbocycles. The lowest BCUT2D eigenvalue weighted by atomic mass is 10.00. The Morgan fingerprint density at radius 3 is 2.32 bits per heavy atom. The van der Waals surface area contributed by atoms with Crippen molar-refractivity contribution in [1.29, 1.82) is 0 Å². The average Bonchev–Trinajstić information content (AvgIpc) is 2.58. The summed E-state index contributed by atoms with van der Waals surface area (Å²) in [6, 6.07) is 19.5. The van der Waals surface area contributed by atoms with E-state index in [0.717, 1.165) is 6.54 Å². The molecule has 0 bridgehead atoms. The summed E-state index contributed by atoms with van der Waals surface area (Å²) in [5.41, 5.74) is 1.26. The zero-order chi connectivity index (χ0) is 15.4. The van der Waals surface area contributed by atoms with Crippen molar-refractivity contribution in [1.82, 2.24) is 5.32 Å². The van der Waals surface area contributed by atoms with Gasteiger partial charge in [-0.05, 0) is 33.2 Å². The van der Waals surface area contributed by atoms with Gasteiger partial charge in [0.1, 0.15) is 0 Å². The van der Waals surface area contributed by atoms with Crippen molar-refractivity contribution in [2.75, 3.05) is 20.8 Å². The van der Waals surface area contributed by atoms with Gasteiger partial charge in [0.05, 0.1) is 0 Å². The number of nitrogens with one attached hydrogen (secondary N) is 1. The van der Waals surface area contributed by atoms with E-state index in [9.17, 15) is 0 Å². The Kier molecular flexibility index (Phi) is 4.68. The second-order valence-electron chi connectivity index (χ2n) is 5.37. The quantitative estimate of drug-likeness (QED) is 0.555. The molecule has 1 N–H and O–H groups in total. The third-order valence-electron chi connectivity index (χ3n) is 3.98. The first kappa shape index (κ1) is 15.0. The van der Waals surface area contributed by atoms with Crippen LogP contribution in [-0.2, 0) is 16.0 Å². The number of benzene rings is 3. The van der Waals surface area contributed by atoms with Crippen LogP contribution in [0.25, 0.3) is 21.5 Å². The highest BCUT2D eigenvalue weighted by Gasteiger charge is 2.05. The average molecular weight is 295 g/mol. The van der Waals surface area contributed by atoms with Crippen molar-refractivity contribution in [2.45, 2.75) is 12.8 Å². The summed E-state index contributed by atoms with van der Waals surface area (Å²) < 4.78 is 10.4. The lowest BCUT2D eigenvalue weighted by Gasteiger charge is -2.14. The van der Waals surface area contributed by atoms with Crippen molar-refractivity contribution < 1.29 is 9.47 Å². The number of hydrogen-bond acceptors (Lipinski definition) is 3. The minimum Gasteiger partial charge on any atom is -0.355 e. The molecule has 114 valence electrons. The van der Waals surface area contributed by atoms with Crippen LogP contribution >= 0.6 is 0 Å². The monoisotopic (exact) mass is 295 g/mol. The fourth-order valence-electron chi connectivity index (χ4n) is 2.76. The van der Waals surface area contributed by atoms with Crippen molar-refractivity contribution in [2.24, 2.45) is 0 Å². The molecule has 0 aromatic heterocycles. The first-order valence-corrected chi connectivity index (χ1v) is 7.48. The zero-order valence-corrected chi connectivity index (χ0v) is 13.0. The predicted octanol–water partition coefficient (Wildman–Crippen LogP) is 3.70. The second-order valence-corrected chi connectivity index (χ2v) is 5.37. The normalized spacial score (nSPS) is 11.6. The minimum atomic E-state index is -0.207. The van der Waals surface area contributed by atoms with Crippen LogP contribution in [0.5, 0.6) is 0 Å². The molecule has 3 rings (SSSR count). The van der Waals surface area contributed by atoms with Crippen LogP contribution in [0, 0.1) is 0 Å². The van der Waals surface area contributed by atoms with E-state index >= 15 is 0 Å². The third-order valence-corrected chi connectivity index (χ3v) is 3.98. The molecule has 3 nitrogen and oxygen atoms in total. The number of methoxy groups -OCH3 is 2. The van der Waals surface area contributed by atoms with Gasteiger partial charge in [-0.3, -0.25) is 0 Å². The maximum Gasteiger partial charge on any atom is 0.169 e. The van der Waals surface area contributed by atoms with Gasteiger partial charge in [-0.2, -0.15) is 0 Å². The van der Waals surface area contributed by atoms with Crippen molar-refractivity contribution in [3.8, 4) is 0 Å². The van der Waals surface area contributed by atoms with Crippen LogP contribution in [-0.4, -0.2) is 27.1 Å². The number of fused-ring (bicyclic) bond motifs is 3. The predicted molar refractivity (Wildman–Crippen MR) is 91.0 cm³/mol. The van der Waals surface area contributed by atoms with E-state index in [1.807, 2.05) is 0 Å². The molecule has 22 heavy (non-hydrogen) atoms. The van der Waals surface area contributed by atoms with Gasteiger partial charge in [-0.15, -0.1) is 0 Å². The summed E-state index contributed by atoms with van der Waals surface area (Å²) >= 11 is 0. The second kappa shape index (κ2) is 6.88. The Bertz CT molecular complexity index is 766. The number of rotatable bonds is 6. The molecule has 0 amide bonds. The molecule has 0 atom stereocenters. The van der Waals surface area contributed by atoms with E-state index in [0.29, 0.717) is 6.54 Å².